The zero-order valence-corrected chi connectivity index (χ0v) is 27.0. The highest BCUT2D eigenvalue weighted by molar-refractivity contribution is 5.70. The van der Waals surface area contributed by atoms with Crippen molar-refractivity contribution in [3.05, 3.63) is 0 Å². The molecule has 2 saturated heterocycles. The Balaban J connectivity index is 2.20. The van der Waals surface area contributed by atoms with Gasteiger partial charge in [0, 0.05) is 19.8 Å². The smallest absolute Gasteiger partial charge is 0.306 e. The fourth-order valence-electron chi connectivity index (χ4n) is 5.51. The molecule has 2 fully saturated rings. The number of hydrogen-bond acceptors (Lipinski definition) is 14. The number of rotatable bonds is 20. The Bertz CT molecular complexity index is 900. The highest BCUT2D eigenvalue weighted by atomic mass is 16.8. The number of aliphatic hydroxyl groups excluding tert-OH is 5. The van der Waals surface area contributed by atoms with E-state index < -0.39 is 92.5 Å². The van der Waals surface area contributed by atoms with Crippen LogP contribution in [0, 0.1) is 5.92 Å². The minimum Gasteiger partial charge on any atom is -0.455 e. The quantitative estimate of drug-likeness (QED) is 0.0714. The van der Waals surface area contributed by atoms with Crippen molar-refractivity contribution in [3.8, 4) is 0 Å². The van der Waals surface area contributed by atoms with Crippen molar-refractivity contribution in [1.82, 2.24) is 0 Å². The van der Waals surface area contributed by atoms with Crippen LogP contribution in [0.3, 0.4) is 0 Å². The van der Waals surface area contributed by atoms with Gasteiger partial charge in [-0.1, -0.05) is 72.1 Å². The van der Waals surface area contributed by atoms with Crippen molar-refractivity contribution >= 4 is 17.9 Å². The molecule has 262 valence electrons. The van der Waals surface area contributed by atoms with Crippen LogP contribution in [0.5, 0.6) is 0 Å². The van der Waals surface area contributed by atoms with Crippen molar-refractivity contribution in [2.24, 2.45) is 5.92 Å². The van der Waals surface area contributed by atoms with E-state index in [1.807, 2.05) is 0 Å². The van der Waals surface area contributed by atoms with Crippen molar-refractivity contribution < 1.29 is 68.3 Å². The molecule has 2 aliphatic rings. The third kappa shape index (κ3) is 11.7. The molecule has 9 atom stereocenters. The van der Waals surface area contributed by atoms with Crippen LogP contribution in [-0.2, 0) is 42.8 Å². The van der Waals surface area contributed by atoms with Gasteiger partial charge in [0.25, 0.3) is 0 Å². The molecule has 14 nitrogen and oxygen atoms in total. The van der Waals surface area contributed by atoms with E-state index in [4.69, 9.17) is 28.4 Å². The second kappa shape index (κ2) is 19.7. The third-order valence-electron chi connectivity index (χ3n) is 7.88. The third-order valence-corrected chi connectivity index (χ3v) is 7.88. The summed E-state index contributed by atoms with van der Waals surface area (Å²) in [5.74, 6) is -4.73. The summed E-state index contributed by atoms with van der Waals surface area (Å²) in [5.41, 5.74) is 0. The lowest BCUT2D eigenvalue weighted by Gasteiger charge is -2.45. The van der Waals surface area contributed by atoms with E-state index in [0.29, 0.717) is 6.42 Å². The summed E-state index contributed by atoms with van der Waals surface area (Å²) >= 11 is 0. The number of esters is 3. The van der Waals surface area contributed by atoms with Gasteiger partial charge in [0.2, 0.25) is 12.1 Å². The lowest BCUT2D eigenvalue weighted by Crippen LogP contribution is -2.64. The van der Waals surface area contributed by atoms with Crippen LogP contribution in [0.15, 0.2) is 0 Å². The van der Waals surface area contributed by atoms with E-state index in [9.17, 15) is 39.9 Å². The van der Waals surface area contributed by atoms with Crippen LogP contribution in [0.4, 0.5) is 0 Å². The second-order valence-corrected chi connectivity index (χ2v) is 12.2. The molecule has 0 amide bonds. The first-order valence-corrected chi connectivity index (χ1v) is 16.2. The summed E-state index contributed by atoms with van der Waals surface area (Å²) in [7, 11) is 0. The molecule has 0 radical (unpaired) electrons. The molecule has 0 bridgehead atoms. The predicted molar refractivity (Wildman–Crippen MR) is 157 cm³/mol. The Morgan fingerprint density at radius 2 is 1.38 bits per heavy atom. The average Bonchev–Trinajstić information content (AvgIpc) is 3.24. The van der Waals surface area contributed by atoms with Crippen LogP contribution >= 0.6 is 0 Å². The average molecular weight is 651 g/mol. The van der Waals surface area contributed by atoms with Crippen LogP contribution in [0.1, 0.15) is 98.3 Å². The maximum absolute atomic E-state index is 12.8. The molecule has 45 heavy (non-hydrogen) atoms. The molecule has 0 aromatic rings. The fraction of sp³-hybridized carbons (Fsp3) is 0.903. The number of unbranched alkanes of at least 4 members (excludes halogenated alkanes) is 8. The summed E-state index contributed by atoms with van der Waals surface area (Å²) in [5, 5.41) is 51.9. The number of hydrogen-bond donors (Lipinski definition) is 5. The van der Waals surface area contributed by atoms with E-state index in [1.54, 1.807) is 13.8 Å². The zero-order chi connectivity index (χ0) is 33.6. The van der Waals surface area contributed by atoms with Gasteiger partial charge in [0.05, 0.1) is 13.2 Å². The molecule has 5 N–H and O–H groups in total. The molecule has 2 rings (SSSR count). The normalized spacial score (nSPS) is 31.6. The highest BCUT2D eigenvalue weighted by Gasteiger charge is 2.61. The molecular formula is C31H54O14. The van der Waals surface area contributed by atoms with Crippen LogP contribution in [0.25, 0.3) is 0 Å². The summed E-state index contributed by atoms with van der Waals surface area (Å²) < 4.78 is 33.6. The lowest BCUT2D eigenvalue weighted by molar-refractivity contribution is -0.384. The zero-order valence-electron chi connectivity index (χ0n) is 27.0. The van der Waals surface area contributed by atoms with Crippen LogP contribution < -0.4 is 0 Å². The first kappa shape index (κ1) is 39.3. The van der Waals surface area contributed by atoms with Gasteiger partial charge in [-0.2, -0.15) is 0 Å². The number of carbonyl (C=O) groups is 3. The molecule has 0 aromatic carbocycles. The minimum absolute atomic E-state index is 0.0317. The Kier molecular flexibility index (Phi) is 17.2. The second-order valence-electron chi connectivity index (χ2n) is 12.2. The molecule has 0 unspecified atom stereocenters. The lowest BCUT2D eigenvalue weighted by atomic mass is 9.98. The summed E-state index contributed by atoms with van der Waals surface area (Å²) in [4.78, 5) is 37.5. The van der Waals surface area contributed by atoms with Crippen molar-refractivity contribution in [3.63, 3.8) is 0 Å². The van der Waals surface area contributed by atoms with Gasteiger partial charge >= 0.3 is 17.9 Å². The standard InChI is InChI=1S/C31H54O14/c1-5-6-7-8-9-10-11-12-13-14-23(36)42-27-25(38)21(16-32)41-30(28(27)40-20(4)35)45-31(18-34)29(26(39)22(17-33)44-31)43-24(37)15-19(2)3/h19,21-22,25-30,32-34,38-39H,5-18H2,1-4H3/t21-,22-,25-,26-,27+,28-,29+,30-,31+/m1/s1. The van der Waals surface area contributed by atoms with E-state index >= 15 is 0 Å². The first-order valence-electron chi connectivity index (χ1n) is 16.2. The monoisotopic (exact) mass is 650 g/mol. The molecule has 0 aromatic heterocycles. The number of ether oxygens (including phenoxy) is 6. The van der Waals surface area contributed by atoms with Gasteiger partial charge in [-0.25, -0.2) is 0 Å². The Labute approximate surface area is 265 Å². The largest absolute Gasteiger partial charge is 0.455 e. The molecule has 2 aliphatic heterocycles. The Hall–Kier alpha value is -1.91. The Morgan fingerprint density at radius 1 is 0.778 bits per heavy atom. The number of aliphatic hydroxyl groups is 5. The topological polar surface area (TPSA) is 208 Å². The first-order chi connectivity index (χ1) is 21.4. The maximum Gasteiger partial charge on any atom is 0.306 e. The molecular weight excluding hydrogens is 596 g/mol. The van der Waals surface area contributed by atoms with Crippen molar-refractivity contribution in [1.29, 1.82) is 0 Å². The SMILES string of the molecule is CCCCCCCCCCCC(=O)O[C@H]1[C@H](O)[C@@H](CO)O[C@H](O[C@]2(CO)O[C@H](CO)[C@@H](O)[C@@H]2OC(=O)CC(C)C)[C@@H]1OC(C)=O. The van der Waals surface area contributed by atoms with E-state index in [-0.39, 0.29) is 18.8 Å². The minimum atomic E-state index is -2.34. The number of carbonyl (C=O) groups excluding carboxylic acids is 3. The maximum atomic E-state index is 12.8. The molecule has 14 heteroatoms. The van der Waals surface area contributed by atoms with Gasteiger partial charge < -0.3 is 54.0 Å². The summed E-state index contributed by atoms with van der Waals surface area (Å²) in [6, 6.07) is 0. The van der Waals surface area contributed by atoms with Crippen molar-refractivity contribution in [2.45, 2.75) is 153 Å². The van der Waals surface area contributed by atoms with Gasteiger partial charge in [-0.3, -0.25) is 14.4 Å². The van der Waals surface area contributed by atoms with E-state index in [0.717, 1.165) is 32.6 Å². The van der Waals surface area contributed by atoms with Gasteiger partial charge in [-0.15, -0.1) is 0 Å². The molecule has 2 heterocycles. The Morgan fingerprint density at radius 3 is 1.91 bits per heavy atom. The van der Waals surface area contributed by atoms with Gasteiger partial charge in [0.1, 0.15) is 31.0 Å². The molecule has 0 spiro atoms. The van der Waals surface area contributed by atoms with Gasteiger partial charge in [0.15, 0.2) is 18.3 Å². The van der Waals surface area contributed by atoms with Crippen LogP contribution in [0.2, 0.25) is 0 Å². The highest BCUT2D eigenvalue weighted by Crippen LogP contribution is 2.39. The van der Waals surface area contributed by atoms with Crippen molar-refractivity contribution in [2.75, 3.05) is 19.8 Å². The molecule has 0 aliphatic carbocycles. The molecule has 0 saturated carbocycles. The van der Waals surface area contributed by atoms with Gasteiger partial charge in [-0.05, 0) is 12.3 Å². The summed E-state index contributed by atoms with van der Waals surface area (Å²) in [6.07, 6.45) is -3.32. The van der Waals surface area contributed by atoms with E-state index in [2.05, 4.69) is 6.92 Å². The fourth-order valence-corrected chi connectivity index (χ4v) is 5.51. The predicted octanol–water partition coefficient (Wildman–Crippen LogP) is 1.24. The van der Waals surface area contributed by atoms with Crippen LogP contribution in [-0.4, -0.2) is 118 Å². The summed E-state index contributed by atoms with van der Waals surface area (Å²) in [6.45, 7) is 4.25. The van der Waals surface area contributed by atoms with E-state index in [1.165, 1.54) is 25.7 Å².